The third-order valence-electron chi connectivity index (χ3n) is 2.94. The molecule has 0 aliphatic rings. The van der Waals surface area contributed by atoms with Crippen molar-refractivity contribution in [3.63, 3.8) is 0 Å². The summed E-state index contributed by atoms with van der Waals surface area (Å²) >= 11 is 0. The molecular weight excluding hydrogens is 267 g/mol. The third-order valence-corrected chi connectivity index (χ3v) is 2.94. The van der Waals surface area contributed by atoms with Crippen LogP contribution in [0.15, 0.2) is 42.5 Å². The highest BCUT2D eigenvalue weighted by Crippen LogP contribution is 2.20. The first-order valence-electron chi connectivity index (χ1n) is 6.15. The highest BCUT2D eigenvalue weighted by Gasteiger charge is 2.17. The van der Waals surface area contributed by atoms with Crippen LogP contribution < -0.4 is 5.32 Å². The average molecular weight is 281 g/mol. The van der Waals surface area contributed by atoms with E-state index >= 15 is 0 Å². The Morgan fingerprint density at radius 3 is 2.15 bits per heavy atom. The van der Waals surface area contributed by atoms with E-state index in [-0.39, 0.29) is 24.5 Å². The maximum absolute atomic E-state index is 13.4. The van der Waals surface area contributed by atoms with Crippen LogP contribution in [-0.4, -0.2) is 11.7 Å². The van der Waals surface area contributed by atoms with Crippen LogP contribution in [0.2, 0.25) is 0 Å². The molecule has 2 N–H and O–H groups in total. The van der Waals surface area contributed by atoms with E-state index in [1.807, 2.05) is 0 Å². The molecule has 0 radical (unpaired) electrons. The van der Waals surface area contributed by atoms with E-state index in [2.05, 4.69) is 5.32 Å². The fourth-order valence-corrected chi connectivity index (χ4v) is 1.92. The number of aliphatic hydroxyl groups excluding tert-OH is 1. The highest BCUT2D eigenvalue weighted by atomic mass is 19.1. The van der Waals surface area contributed by atoms with E-state index in [1.165, 1.54) is 12.1 Å². The van der Waals surface area contributed by atoms with Gasteiger partial charge in [-0.25, -0.2) is 13.2 Å². The molecule has 2 aromatic carbocycles. The predicted molar refractivity (Wildman–Crippen MR) is 69.4 cm³/mol. The van der Waals surface area contributed by atoms with E-state index in [4.69, 9.17) is 0 Å². The Balaban J connectivity index is 1.96. The minimum Gasteiger partial charge on any atom is -0.387 e. The Kier molecular flexibility index (Phi) is 4.76. The van der Waals surface area contributed by atoms with Crippen LogP contribution >= 0.6 is 0 Å². The molecule has 0 amide bonds. The van der Waals surface area contributed by atoms with Gasteiger partial charge in [0, 0.05) is 18.7 Å². The van der Waals surface area contributed by atoms with Gasteiger partial charge in [0.2, 0.25) is 0 Å². The van der Waals surface area contributed by atoms with Gasteiger partial charge in [-0.05, 0) is 18.2 Å². The second-order valence-electron chi connectivity index (χ2n) is 4.37. The summed E-state index contributed by atoms with van der Waals surface area (Å²) in [6.07, 6.45) is -1.33. The zero-order valence-corrected chi connectivity index (χ0v) is 10.6. The zero-order valence-electron chi connectivity index (χ0n) is 10.6. The molecule has 2 rings (SSSR count). The van der Waals surface area contributed by atoms with Crippen LogP contribution in [0.3, 0.4) is 0 Å². The van der Waals surface area contributed by atoms with Gasteiger partial charge >= 0.3 is 0 Å². The summed E-state index contributed by atoms with van der Waals surface area (Å²) in [5.74, 6) is -1.97. The van der Waals surface area contributed by atoms with E-state index in [9.17, 15) is 18.3 Å². The lowest BCUT2D eigenvalue weighted by Crippen LogP contribution is -2.23. The summed E-state index contributed by atoms with van der Waals surface area (Å²) in [5.41, 5.74) is 0.0437. The van der Waals surface area contributed by atoms with Crippen LogP contribution in [0.5, 0.6) is 0 Å². The second-order valence-corrected chi connectivity index (χ2v) is 4.37. The molecular formula is C15H14F3NO. The van der Waals surface area contributed by atoms with Crippen LogP contribution in [0.25, 0.3) is 0 Å². The molecule has 1 atom stereocenters. The van der Waals surface area contributed by atoms with Crippen molar-refractivity contribution in [1.82, 2.24) is 5.32 Å². The molecule has 0 spiro atoms. The Labute approximate surface area is 114 Å². The molecule has 0 aliphatic heterocycles. The minimum atomic E-state index is -1.33. The molecule has 0 saturated heterocycles. The first-order valence-corrected chi connectivity index (χ1v) is 6.15. The summed E-state index contributed by atoms with van der Waals surface area (Å²) in [4.78, 5) is 0. The smallest absolute Gasteiger partial charge is 0.131 e. The molecule has 0 aliphatic carbocycles. The van der Waals surface area contributed by atoms with Crippen LogP contribution in [-0.2, 0) is 6.54 Å². The quantitative estimate of drug-likeness (QED) is 0.883. The van der Waals surface area contributed by atoms with Gasteiger partial charge in [-0.1, -0.05) is 24.3 Å². The van der Waals surface area contributed by atoms with Crippen LogP contribution in [0.1, 0.15) is 17.2 Å². The molecule has 0 fully saturated rings. The number of halogens is 3. The van der Waals surface area contributed by atoms with Gasteiger partial charge in [-0.15, -0.1) is 0 Å². The van der Waals surface area contributed by atoms with E-state index in [1.54, 1.807) is 18.2 Å². The summed E-state index contributed by atoms with van der Waals surface area (Å²) < 4.78 is 40.2. The molecule has 20 heavy (non-hydrogen) atoms. The Hall–Kier alpha value is -1.85. The van der Waals surface area contributed by atoms with Gasteiger partial charge in [0.25, 0.3) is 0 Å². The minimum absolute atomic E-state index is 0.0772. The largest absolute Gasteiger partial charge is 0.387 e. The number of rotatable bonds is 5. The van der Waals surface area contributed by atoms with E-state index in [0.29, 0.717) is 5.56 Å². The normalized spacial score (nSPS) is 12.4. The maximum Gasteiger partial charge on any atom is 0.131 e. The van der Waals surface area contributed by atoms with Gasteiger partial charge in [0.15, 0.2) is 0 Å². The third kappa shape index (κ3) is 3.37. The number of aliphatic hydroxyl groups is 1. The maximum atomic E-state index is 13.4. The number of hydrogen-bond donors (Lipinski definition) is 2. The molecule has 5 heteroatoms. The summed E-state index contributed by atoms with van der Waals surface area (Å²) in [6.45, 7) is 0.0893. The molecule has 0 aromatic heterocycles. The SMILES string of the molecule is OC(CNCc1ccccc1F)c1c(F)cccc1F. The van der Waals surface area contributed by atoms with Crippen molar-refractivity contribution in [2.24, 2.45) is 0 Å². The Morgan fingerprint density at radius 2 is 1.50 bits per heavy atom. The van der Waals surface area contributed by atoms with Gasteiger partial charge in [0.1, 0.15) is 17.5 Å². The number of hydrogen-bond acceptors (Lipinski definition) is 2. The van der Waals surface area contributed by atoms with E-state index in [0.717, 1.165) is 12.1 Å². The molecule has 0 saturated carbocycles. The van der Waals surface area contributed by atoms with Crippen LogP contribution in [0, 0.1) is 17.5 Å². The van der Waals surface area contributed by atoms with Crippen molar-refractivity contribution < 1.29 is 18.3 Å². The fraction of sp³-hybridized carbons (Fsp3) is 0.200. The van der Waals surface area contributed by atoms with Crippen LogP contribution in [0.4, 0.5) is 13.2 Å². The average Bonchev–Trinajstić information content (AvgIpc) is 2.41. The van der Waals surface area contributed by atoms with Gasteiger partial charge in [0.05, 0.1) is 11.7 Å². The monoisotopic (exact) mass is 281 g/mol. The van der Waals surface area contributed by atoms with Crippen molar-refractivity contribution >= 4 is 0 Å². The second kappa shape index (κ2) is 6.54. The molecule has 106 valence electrons. The first kappa shape index (κ1) is 14.6. The summed E-state index contributed by atoms with van der Waals surface area (Å²) in [5, 5.41) is 12.6. The standard InChI is InChI=1S/C15H14F3NO/c16-11-5-2-1-4-10(11)8-19-9-14(20)15-12(17)6-3-7-13(15)18/h1-7,14,19-20H,8-9H2. The van der Waals surface area contributed by atoms with Crippen molar-refractivity contribution in [1.29, 1.82) is 0 Å². The van der Waals surface area contributed by atoms with Gasteiger partial charge < -0.3 is 10.4 Å². The lowest BCUT2D eigenvalue weighted by Gasteiger charge is -2.14. The zero-order chi connectivity index (χ0) is 14.5. The number of nitrogens with one attached hydrogen (secondary N) is 1. The van der Waals surface area contributed by atoms with Gasteiger partial charge in [-0.3, -0.25) is 0 Å². The van der Waals surface area contributed by atoms with Gasteiger partial charge in [-0.2, -0.15) is 0 Å². The fourth-order valence-electron chi connectivity index (χ4n) is 1.92. The lowest BCUT2D eigenvalue weighted by atomic mass is 10.1. The van der Waals surface area contributed by atoms with Crippen molar-refractivity contribution in [3.05, 3.63) is 71.0 Å². The molecule has 1 unspecified atom stereocenters. The molecule has 2 aromatic rings. The lowest BCUT2D eigenvalue weighted by molar-refractivity contribution is 0.164. The van der Waals surface area contributed by atoms with Crippen molar-refractivity contribution in [3.8, 4) is 0 Å². The summed E-state index contributed by atoms with van der Waals surface area (Å²) in [6, 6.07) is 9.57. The molecule has 0 bridgehead atoms. The highest BCUT2D eigenvalue weighted by molar-refractivity contribution is 5.22. The predicted octanol–water partition coefficient (Wildman–Crippen LogP) is 2.93. The Morgan fingerprint density at radius 1 is 0.900 bits per heavy atom. The van der Waals surface area contributed by atoms with E-state index < -0.39 is 17.7 Å². The first-order chi connectivity index (χ1) is 9.59. The summed E-state index contributed by atoms with van der Waals surface area (Å²) in [7, 11) is 0. The number of benzene rings is 2. The topological polar surface area (TPSA) is 32.3 Å². The molecule has 0 heterocycles. The Bertz CT molecular complexity index is 569. The van der Waals surface area contributed by atoms with Crippen molar-refractivity contribution in [2.75, 3.05) is 6.54 Å². The molecule has 2 nitrogen and oxygen atoms in total. The van der Waals surface area contributed by atoms with Crippen molar-refractivity contribution in [2.45, 2.75) is 12.6 Å².